The zero-order valence-corrected chi connectivity index (χ0v) is 19.4. The molecule has 2 atom stereocenters. The van der Waals surface area contributed by atoms with Crippen LogP contribution in [0.4, 0.5) is 23.2 Å². The molecule has 0 spiro atoms. The molecule has 0 radical (unpaired) electrons. The molecule has 0 aromatic heterocycles. The van der Waals surface area contributed by atoms with Crippen LogP contribution >= 0.6 is 11.6 Å². The molecule has 0 heterocycles. The normalized spacial score (nSPS) is 20.3. The standard InChI is InChI=1S/C25H20ClF4N3O3/c1-24(26)11-3-2-4-21(24)32-19(13-20(31)25(28,29)30)14-5-7-15(8-6-14)22(34)33-18-10-9-16(27)12-17(18)23(35)36/h2-13,21H,31H2,1H3,(H,33,34)(H,35,36). The van der Waals surface area contributed by atoms with E-state index in [1.54, 1.807) is 31.2 Å². The number of aromatic carboxylic acids is 1. The van der Waals surface area contributed by atoms with Gasteiger partial charge in [0.25, 0.3) is 5.91 Å². The van der Waals surface area contributed by atoms with Crippen LogP contribution in [0.15, 0.2) is 83.5 Å². The number of amides is 1. The number of alkyl halides is 4. The molecule has 11 heteroatoms. The smallest absolute Gasteiger partial charge is 0.430 e. The average Bonchev–Trinajstić information content (AvgIpc) is 2.80. The van der Waals surface area contributed by atoms with Gasteiger partial charge in [-0.2, -0.15) is 13.2 Å². The van der Waals surface area contributed by atoms with Crippen molar-refractivity contribution in [1.82, 2.24) is 0 Å². The number of nitrogens with one attached hydrogen (secondary N) is 1. The minimum atomic E-state index is -4.79. The number of allylic oxidation sites excluding steroid dienone is 4. The zero-order valence-electron chi connectivity index (χ0n) is 18.7. The quantitative estimate of drug-likeness (QED) is 0.266. The molecule has 0 saturated heterocycles. The van der Waals surface area contributed by atoms with Gasteiger partial charge in [-0.3, -0.25) is 9.79 Å². The lowest BCUT2D eigenvalue weighted by molar-refractivity contribution is -0.0925. The number of nitrogens with two attached hydrogens (primary N) is 1. The van der Waals surface area contributed by atoms with Gasteiger partial charge < -0.3 is 16.2 Å². The largest absolute Gasteiger partial charge is 0.478 e. The molecule has 2 aromatic carbocycles. The second-order valence-corrected chi connectivity index (χ2v) is 8.79. The monoisotopic (exact) mass is 521 g/mol. The Morgan fingerprint density at radius 3 is 2.36 bits per heavy atom. The fraction of sp³-hybridized carbons (Fsp3) is 0.160. The highest BCUT2D eigenvalue weighted by molar-refractivity contribution is 6.26. The molecule has 1 amide bonds. The third-order valence-corrected chi connectivity index (χ3v) is 5.56. The Labute approximate surface area is 208 Å². The molecule has 1 aliphatic rings. The van der Waals surface area contributed by atoms with Gasteiger partial charge in [-0.25, -0.2) is 9.18 Å². The van der Waals surface area contributed by atoms with Crippen molar-refractivity contribution in [1.29, 1.82) is 0 Å². The van der Waals surface area contributed by atoms with Crippen LogP contribution in [-0.4, -0.2) is 39.8 Å². The lowest BCUT2D eigenvalue weighted by Crippen LogP contribution is -2.31. The summed E-state index contributed by atoms with van der Waals surface area (Å²) in [5.74, 6) is -2.94. The Balaban J connectivity index is 1.94. The first kappa shape index (κ1) is 26.7. The molecule has 36 heavy (non-hydrogen) atoms. The second-order valence-electron chi connectivity index (χ2n) is 7.98. The number of carboxylic acids is 1. The van der Waals surface area contributed by atoms with Crippen LogP contribution in [0.1, 0.15) is 33.2 Å². The van der Waals surface area contributed by atoms with E-state index in [1.165, 1.54) is 24.3 Å². The molecule has 188 valence electrons. The maximum absolute atomic E-state index is 13.4. The van der Waals surface area contributed by atoms with Gasteiger partial charge >= 0.3 is 12.1 Å². The highest BCUT2D eigenvalue weighted by atomic mass is 35.5. The van der Waals surface area contributed by atoms with Crippen molar-refractivity contribution in [3.8, 4) is 0 Å². The second kappa shape index (κ2) is 10.4. The maximum Gasteiger partial charge on any atom is 0.430 e. The first-order chi connectivity index (χ1) is 16.8. The van der Waals surface area contributed by atoms with Crippen molar-refractivity contribution in [3.05, 3.63) is 101 Å². The van der Waals surface area contributed by atoms with Gasteiger partial charge in [0, 0.05) is 5.56 Å². The lowest BCUT2D eigenvalue weighted by atomic mass is 9.96. The summed E-state index contributed by atoms with van der Waals surface area (Å²) in [7, 11) is 0. The number of rotatable bonds is 6. The first-order valence-electron chi connectivity index (χ1n) is 10.4. The Morgan fingerprint density at radius 2 is 1.78 bits per heavy atom. The van der Waals surface area contributed by atoms with E-state index in [0.717, 1.165) is 18.2 Å². The highest BCUT2D eigenvalue weighted by Crippen LogP contribution is 2.29. The Hall–Kier alpha value is -3.92. The van der Waals surface area contributed by atoms with E-state index >= 15 is 0 Å². The molecule has 0 saturated carbocycles. The third-order valence-electron chi connectivity index (χ3n) is 5.21. The Kier molecular flexibility index (Phi) is 7.68. The van der Waals surface area contributed by atoms with E-state index in [2.05, 4.69) is 10.3 Å². The van der Waals surface area contributed by atoms with E-state index in [4.69, 9.17) is 17.3 Å². The van der Waals surface area contributed by atoms with Crippen molar-refractivity contribution in [2.75, 3.05) is 5.32 Å². The molecule has 1 aliphatic carbocycles. The van der Waals surface area contributed by atoms with Gasteiger partial charge in [-0.05, 0) is 48.9 Å². The van der Waals surface area contributed by atoms with Crippen LogP contribution in [0.2, 0.25) is 0 Å². The number of benzene rings is 2. The molecular weight excluding hydrogens is 502 g/mol. The van der Waals surface area contributed by atoms with E-state index in [-0.39, 0.29) is 22.5 Å². The zero-order chi connectivity index (χ0) is 26.7. The van der Waals surface area contributed by atoms with Crippen LogP contribution in [-0.2, 0) is 0 Å². The summed E-state index contributed by atoms with van der Waals surface area (Å²) < 4.78 is 52.8. The van der Waals surface area contributed by atoms with Crippen molar-refractivity contribution in [3.63, 3.8) is 0 Å². The molecule has 0 bridgehead atoms. The predicted molar refractivity (Wildman–Crippen MR) is 129 cm³/mol. The molecule has 6 nitrogen and oxygen atoms in total. The number of aliphatic imine (C=N–C) groups is 1. The van der Waals surface area contributed by atoms with Crippen molar-refractivity contribution in [2.24, 2.45) is 10.7 Å². The minimum absolute atomic E-state index is 0.0641. The van der Waals surface area contributed by atoms with E-state index in [0.29, 0.717) is 6.08 Å². The van der Waals surface area contributed by atoms with Crippen LogP contribution in [0, 0.1) is 5.82 Å². The molecule has 4 N–H and O–H groups in total. The molecule has 2 unspecified atom stereocenters. The van der Waals surface area contributed by atoms with Gasteiger partial charge in [0.1, 0.15) is 11.5 Å². The molecule has 0 aliphatic heterocycles. The molecular formula is C25H20ClF4N3O3. The molecule has 3 rings (SSSR count). The fourth-order valence-corrected chi connectivity index (χ4v) is 3.43. The molecule has 2 aromatic rings. The summed E-state index contributed by atoms with van der Waals surface area (Å²) in [4.78, 5) is 27.4. The Bertz CT molecular complexity index is 1300. The van der Waals surface area contributed by atoms with E-state index in [1.807, 2.05) is 0 Å². The summed E-state index contributed by atoms with van der Waals surface area (Å²) >= 11 is 6.45. The summed E-state index contributed by atoms with van der Waals surface area (Å²) in [6, 6.07) is 7.53. The van der Waals surface area contributed by atoms with Crippen molar-refractivity contribution >= 4 is 34.9 Å². The van der Waals surface area contributed by atoms with E-state index < -0.39 is 46.0 Å². The minimum Gasteiger partial charge on any atom is -0.478 e. The SMILES string of the molecule is CC1(Cl)C=CC=CC1N=C(C=C(N)C(F)(F)F)c1ccc(C(=O)Nc2ccc(F)cc2C(=O)O)cc1. The van der Waals surface area contributed by atoms with Gasteiger partial charge in [0.2, 0.25) is 0 Å². The summed E-state index contributed by atoms with van der Waals surface area (Å²) in [5, 5.41) is 11.6. The number of carbonyl (C=O) groups excluding carboxylic acids is 1. The predicted octanol–water partition coefficient (Wildman–Crippen LogP) is 5.46. The average molecular weight is 522 g/mol. The molecule has 0 fully saturated rings. The first-order valence-corrected chi connectivity index (χ1v) is 10.8. The topological polar surface area (TPSA) is 105 Å². The number of hydrogen-bond donors (Lipinski definition) is 3. The van der Waals surface area contributed by atoms with Gasteiger partial charge in [-0.1, -0.05) is 36.4 Å². The summed E-state index contributed by atoms with van der Waals surface area (Å²) in [5.41, 5.74) is 3.47. The Morgan fingerprint density at radius 1 is 1.14 bits per heavy atom. The third kappa shape index (κ3) is 6.39. The van der Waals surface area contributed by atoms with Crippen molar-refractivity contribution < 1.29 is 32.3 Å². The number of carboxylic acid groups (broad SMARTS) is 1. The number of carbonyl (C=O) groups is 2. The van der Waals surface area contributed by atoms with E-state index in [9.17, 15) is 32.3 Å². The number of halogens is 5. The fourth-order valence-electron chi connectivity index (χ4n) is 3.23. The van der Waals surface area contributed by atoms with Crippen LogP contribution in [0.5, 0.6) is 0 Å². The highest BCUT2D eigenvalue weighted by Gasteiger charge is 2.33. The van der Waals surface area contributed by atoms with Crippen LogP contribution in [0.25, 0.3) is 0 Å². The number of hydrogen-bond acceptors (Lipinski definition) is 4. The summed E-state index contributed by atoms with van der Waals surface area (Å²) in [6.07, 6.45) is 2.56. The maximum atomic E-state index is 13.4. The van der Waals surface area contributed by atoms with Crippen molar-refractivity contribution in [2.45, 2.75) is 24.0 Å². The summed E-state index contributed by atoms with van der Waals surface area (Å²) in [6.45, 7) is 1.66. The van der Waals surface area contributed by atoms with Gasteiger partial charge in [0.15, 0.2) is 0 Å². The lowest BCUT2D eigenvalue weighted by Gasteiger charge is -2.26. The number of anilines is 1. The van der Waals surface area contributed by atoms with Crippen LogP contribution in [0.3, 0.4) is 0 Å². The van der Waals surface area contributed by atoms with Gasteiger partial charge in [-0.15, -0.1) is 11.6 Å². The van der Waals surface area contributed by atoms with Gasteiger partial charge in [0.05, 0.1) is 27.9 Å². The number of nitrogens with zero attached hydrogens (tertiary/aromatic N) is 1. The van der Waals surface area contributed by atoms with Crippen LogP contribution < -0.4 is 11.1 Å².